The third-order valence-corrected chi connectivity index (χ3v) is 2.08. The van der Waals surface area contributed by atoms with Gasteiger partial charge in [0.15, 0.2) is 4.63 Å². The van der Waals surface area contributed by atoms with Gasteiger partial charge in [0.25, 0.3) is 0 Å². The molecule has 1 heterocycles. The molecule has 0 N–H and O–H groups in total. The summed E-state index contributed by atoms with van der Waals surface area (Å²) < 4.78 is 0.135. The normalized spacial score (nSPS) is 19.8. The number of hydrogen-bond donors (Lipinski definition) is 0. The van der Waals surface area contributed by atoms with Crippen LogP contribution in [-0.2, 0) is 0 Å². The molecule has 64 valence electrons. The van der Waals surface area contributed by atoms with Crippen LogP contribution >= 0.6 is 23.2 Å². The van der Waals surface area contributed by atoms with Gasteiger partial charge in [0.1, 0.15) is 0 Å². The molecule has 0 bridgehead atoms. The quantitative estimate of drug-likeness (QED) is 0.617. The van der Waals surface area contributed by atoms with Gasteiger partial charge in [0, 0.05) is 0 Å². The fraction of sp³-hybridized carbons (Fsp3) is 0.857. The molecule has 4 heteroatoms. The molecule has 0 unspecified atom stereocenters. The van der Waals surface area contributed by atoms with Crippen LogP contribution in [0.15, 0.2) is 4.99 Å². The fourth-order valence-corrected chi connectivity index (χ4v) is 1.36. The number of likely N-dealkylation sites (tertiary alicyclic amines) is 1. The van der Waals surface area contributed by atoms with E-state index in [9.17, 15) is 0 Å². The average Bonchev–Trinajstić information content (AvgIpc) is 2.03. The highest BCUT2D eigenvalue weighted by atomic mass is 35.5. The van der Waals surface area contributed by atoms with E-state index in [0.717, 1.165) is 13.1 Å². The molecule has 0 amide bonds. The standard InChI is InChI=1S/C7H12Cl2N2/c8-7(9)10-6-11-4-2-1-3-5-11/h1-6H2. The van der Waals surface area contributed by atoms with E-state index in [2.05, 4.69) is 9.89 Å². The van der Waals surface area contributed by atoms with Crippen LogP contribution in [0.1, 0.15) is 19.3 Å². The maximum atomic E-state index is 5.39. The van der Waals surface area contributed by atoms with Crippen molar-refractivity contribution in [2.75, 3.05) is 19.8 Å². The second-order valence-corrected chi connectivity index (χ2v) is 3.63. The van der Waals surface area contributed by atoms with Crippen LogP contribution in [0.5, 0.6) is 0 Å². The van der Waals surface area contributed by atoms with Gasteiger partial charge in [-0.15, -0.1) is 0 Å². The van der Waals surface area contributed by atoms with E-state index in [1.54, 1.807) is 0 Å². The van der Waals surface area contributed by atoms with Crippen LogP contribution in [0, 0.1) is 0 Å². The first-order valence-corrected chi connectivity index (χ1v) is 4.62. The zero-order valence-electron chi connectivity index (χ0n) is 6.39. The highest BCUT2D eigenvalue weighted by molar-refractivity contribution is 6.95. The molecule has 0 aromatic carbocycles. The van der Waals surface area contributed by atoms with Crippen molar-refractivity contribution in [1.29, 1.82) is 0 Å². The molecule has 0 aliphatic carbocycles. The van der Waals surface area contributed by atoms with Crippen molar-refractivity contribution >= 4 is 27.8 Å². The fourth-order valence-electron chi connectivity index (χ4n) is 1.25. The molecule has 0 saturated carbocycles. The molecular formula is C7H12Cl2N2. The van der Waals surface area contributed by atoms with E-state index in [4.69, 9.17) is 23.2 Å². The zero-order valence-corrected chi connectivity index (χ0v) is 7.90. The first kappa shape index (κ1) is 9.30. The van der Waals surface area contributed by atoms with Crippen LogP contribution in [-0.4, -0.2) is 29.3 Å². The topological polar surface area (TPSA) is 15.6 Å². The summed E-state index contributed by atoms with van der Waals surface area (Å²) in [6.07, 6.45) is 3.89. The Hall–Kier alpha value is 0.210. The summed E-state index contributed by atoms with van der Waals surface area (Å²) in [5.74, 6) is 0. The van der Waals surface area contributed by atoms with Gasteiger partial charge in [-0.25, -0.2) is 4.99 Å². The Morgan fingerprint density at radius 1 is 1.18 bits per heavy atom. The van der Waals surface area contributed by atoms with Crippen LogP contribution in [0.2, 0.25) is 0 Å². The average molecular weight is 195 g/mol. The zero-order chi connectivity index (χ0) is 8.10. The molecule has 1 fully saturated rings. The van der Waals surface area contributed by atoms with Crippen molar-refractivity contribution in [2.24, 2.45) is 4.99 Å². The molecular weight excluding hydrogens is 183 g/mol. The summed E-state index contributed by atoms with van der Waals surface area (Å²) in [7, 11) is 0. The maximum Gasteiger partial charge on any atom is 0.193 e. The molecule has 1 aliphatic rings. The van der Waals surface area contributed by atoms with E-state index in [1.807, 2.05) is 0 Å². The Bertz CT molecular complexity index is 137. The van der Waals surface area contributed by atoms with Crippen LogP contribution in [0.3, 0.4) is 0 Å². The lowest BCUT2D eigenvalue weighted by atomic mass is 10.1. The van der Waals surface area contributed by atoms with Crippen LogP contribution in [0.25, 0.3) is 0 Å². The van der Waals surface area contributed by atoms with E-state index in [0.29, 0.717) is 6.67 Å². The Morgan fingerprint density at radius 2 is 1.82 bits per heavy atom. The molecule has 11 heavy (non-hydrogen) atoms. The number of aliphatic imine (C=N–C) groups is 1. The Morgan fingerprint density at radius 3 is 2.36 bits per heavy atom. The Balaban J connectivity index is 2.19. The van der Waals surface area contributed by atoms with Gasteiger partial charge in [0.2, 0.25) is 0 Å². The lowest BCUT2D eigenvalue weighted by Gasteiger charge is -2.24. The smallest absolute Gasteiger partial charge is 0.193 e. The van der Waals surface area contributed by atoms with Gasteiger partial charge < -0.3 is 0 Å². The predicted octanol–water partition coefficient (Wildman–Crippen LogP) is 2.26. The third-order valence-electron chi connectivity index (χ3n) is 1.84. The van der Waals surface area contributed by atoms with E-state index >= 15 is 0 Å². The highest BCUT2D eigenvalue weighted by Crippen LogP contribution is 2.08. The first-order chi connectivity index (χ1) is 5.29. The van der Waals surface area contributed by atoms with Gasteiger partial charge in [0.05, 0.1) is 6.67 Å². The lowest BCUT2D eigenvalue weighted by molar-refractivity contribution is 0.236. The first-order valence-electron chi connectivity index (χ1n) is 3.87. The highest BCUT2D eigenvalue weighted by Gasteiger charge is 2.08. The third kappa shape index (κ3) is 3.94. The summed E-state index contributed by atoms with van der Waals surface area (Å²) >= 11 is 10.8. The summed E-state index contributed by atoms with van der Waals surface area (Å²) in [5.41, 5.74) is 0. The molecule has 0 aromatic heterocycles. The van der Waals surface area contributed by atoms with Gasteiger partial charge >= 0.3 is 0 Å². The van der Waals surface area contributed by atoms with Crippen LogP contribution in [0.4, 0.5) is 0 Å². The minimum Gasteiger partial charge on any atom is -0.284 e. The SMILES string of the molecule is ClC(Cl)=NCN1CCCCC1. The monoisotopic (exact) mass is 194 g/mol. The summed E-state index contributed by atoms with van der Waals surface area (Å²) in [6.45, 7) is 2.91. The van der Waals surface area contributed by atoms with Gasteiger partial charge in [-0.2, -0.15) is 0 Å². The van der Waals surface area contributed by atoms with Crippen molar-refractivity contribution in [3.05, 3.63) is 0 Å². The van der Waals surface area contributed by atoms with E-state index in [-0.39, 0.29) is 4.63 Å². The lowest BCUT2D eigenvalue weighted by Crippen LogP contribution is -2.29. The van der Waals surface area contributed by atoms with Crippen molar-refractivity contribution < 1.29 is 0 Å². The van der Waals surface area contributed by atoms with E-state index in [1.165, 1.54) is 19.3 Å². The summed E-state index contributed by atoms with van der Waals surface area (Å²) in [6, 6.07) is 0. The molecule has 1 saturated heterocycles. The number of piperidine rings is 1. The second kappa shape index (κ2) is 4.96. The largest absolute Gasteiger partial charge is 0.284 e. The minimum absolute atomic E-state index is 0.135. The van der Waals surface area contributed by atoms with E-state index < -0.39 is 0 Å². The van der Waals surface area contributed by atoms with Crippen LogP contribution < -0.4 is 0 Å². The van der Waals surface area contributed by atoms with Gasteiger partial charge in [-0.3, -0.25) is 4.90 Å². The Kier molecular flexibility index (Phi) is 4.20. The maximum absolute atomic E-state index is 5.39. The number of halogens is 2. The number of hydrogen-bond acceptors (Lipinski definition) is 2. The Labute approximate surface area is 77.2 Å². The molecule has 1 rings (SSSR count). The van der Waals surface area contributed by atoms with Crippen molar-refractivity contribution in [1.82, 2.24) is 4.90 Å². The van der Waals surface area contributed by atoms with Crippen molar-refractivity contribution in [3.8, 4) is 0 Å². The number of nitrogens with zero attached hydrogens (tertiary/aromatic N) is 2. The van der Waals surface area contributed by atoms with Crippen molar-refractivity contribution in [2.45, 2.75) is 19.3 Å². The minimum atomic E-state index is 0.135. The molecule has 0 aromatic rings. The summed E-state index contributed by atoms with van der Waals surface area (Å²) in [4.78, 5) is 6.18. The number of rotatable bonds is 2. The molecule has 0 radical (unpaired) electrons. The molecule has 0 atom stereocenters. The summed E-state index contributed by atoms with van der Waals surface area (Å²) in [5, 5.41) is 0. The van der Waals surface area contributed by atoms with Gasteiger partial charge in [-0.05, 0) is 49.1 Å². The second-order valence-electron chi connectivity index (χ2n) is 2.72. The van der Waals surface area contributed by atoms with Crippen molar-refractivity contribution in [3.63, 3.8) is 0 Å². The molecule has 1 aliphatic heterocycles. The molecule has 0 spiro atoms. The van der Waals surface area contributed by atoms with Gasteiger partial charge in [-0.1, -0.05) is 6.42 Å². The predicted molar refractivity (Wildman–Crippen MR) is 49.4 cm³/mol. The molecule has 2 nitrogen and oxygen atoms in total.